The first-order valence-corrected chi connectivity index (χ1v) is 8.67. The molecule has 0 amide bonds. The normalized spacial score (nSPS) is 18.5. The zero-order valence-corrected chi connectivity index (χ0v) is 14.5. The molecule has 1 atom stereocenters. The second-order valence-electron chi connectivity index (χ2n) is 6.44. The molecule has 1 saturated heterocycles. The van der Waals surface area contributed by atoms with Crippen LogP contribution in [0.2, 0.25) is 0 Å². The van der Waals surface area contributed by atoms with Gasteiger partial charge in [0, 0.05) is 29.8 Å². The number of likely N-dealkylation sites (tertiary alicyclic amines) is 1. The molecule has 2 N–H and O–H groups in total. The first kappa shape index (κ1) is 17.3. The summed E-state index contributed by atoms with van der Waals surface area (Å²) in [6, 6.07) is 8.68. The number of nitrogens with two attached hydrogens (primary N) is 1. The van der Waals surface area contributed by atoms with Gasteiger partial charge in [-0.2, -0.15) is 0 Å². The van der Waals surface area contributed by atoms with Gasteiger partial charge in [-0.15, -0.1) is 11.8 Å². The molecule has 1 fully saturated rings. The molecule has 1 aliphatic rings. The summed E-state index contributed by atoms with van der Waals surface area (Å²) in [4.78, 5) is 15.2. The highest BCUT2D eigenvalue weighted by atomic mass is 32.2. The van der Waals surface area contributed by atoms with Crippen LogP contribution in [-0.2, 0) is 9.53 Å². The van der Waals surface area contributed by atoms with Crippen molar-refractivity contribution < 1.29 is 9.53 Å². The van der Waals surface area contributed by atoms with Gasteiger partial charge in [0.2, 0.25) is 0 Å². The van der Waals surface area contributed by atoms with Crippen LogP contribution in [-0.4, -0.2) is 49.4 Å². The molecule has 0 spiro atoms. The fourth-order valence-electron chi connectivity index (χ4n) is 2.81. The maximum Gasteiger partial charge on any atom is 0.314 e. The summed E-state index contributed by atoms with van der Waals surface area (Å²) >= 11 is 1.81. The van der Waals surface area contributed by atoms with Gasteiger partial charge < -0.3 is 15.4 Å². The first-order chi connectivity index (χ1) is 10.4. The zero-order valence-electron chi connectivity index (χ0n) is 13.7. The third-order valence-electron chi connectivity index (χ3n) is 4.09. The number of nitrogens with zero attached hydrogens (tertiary/aromatic N) is 1. The van der Waals surface area contributed by atoms with Crippen molar-refractivity contribution in [2.75, 3.05) is 32.5 Å². The molecule has 0 aliphatic carbocycles. The number of esters is 1. The van der Waals surface area contributed by atoms with Gasteiger partial charge in [-0.25, -0.2) is 0 Å². The van der Waals surface area contributed by atoms with Crippen LogP contribution in [0.25, 0.3) is 0 Å². The van der Waals surface area contributed by atoms with Gasteiger partial charge >= 0.3 is 5.97 Å². The van der Waals surface area contributed by atoms with E-state index in [9.17, 15) is 4.79 Å². The van der Waals surface area contributed by atoms with E-state index in [4.69, 9.17) is 10.5 Å². The quantitative estimate of drug-likeness (QED) is 0.617. The Labute approximate surface area is 137 Å². The fourth-order valence-corrected chi connectivity index (χ4v) is 3.83. The number of aryl methyl sites for hydroxylation is 1. The van der Waals surface area contributed by atoms with Gasteiger partial charge in [-0.05, 0) is 38.9 Å². The summed E-state index contributed by atoms with van der Waals surface area (Å²) in [6.45, 7) is 6.56. The lowest BCUT2D eigenvalue weighted by atomic mass is 9.82. The molecule has 1 aromatic carbocycles. The molecule has 0 radical (unpaired) electrons. The van der Waals surface area contributed by atoms with Gasteiger partial charge in [0.25, 0.3) is 0 Å². The molecule has 22 heavy (non-hydrogen) atoms. The molecule has 0 bridgehead atoms. The Kier molecular flexibility index (Phi) is 5.89. The van der Waals surface area contributed by atoms with Crippen LogP contribution < -0.4 is 5.73 Å². The molecule has 5 heteroatoms. The molecule has 0 aromatic heterocycles. The Morgan fingerprint density at radius 2 is 2.23 bits per heavy atom. The van der Waals surface area contributed by atoms with E-state index >= 15 is 0 Å². The Hall–Kier alpha value is -1.04. The summed E-state index contributed by atoms with van der Waals surface area (Å²) in [6.07, 6.45) is 0.954. The highest BCUT2D eigenvalue weighted by Crippen LogP contribution is 2.31. The summed E-state index contributed by atoms with van der Waals surface area (Å²) in [5, 5.41) is 0. The van der Waals surface area contributed by atoms with E-state index in [1.54, 1.807) is 0 Å². The molecule has 1 heterocycles. The van der Waals surface area contributed by atoms with Crippen molar-refractivity contribution in [2.24, 2.45) is 11.1 Å². The number of methoxy groups -OCH3 is 1. The highest BCUT2D eigenvalue weighted by molar-refractivity contribution is 7.99. The number of carbonyl (C=O) groups excluding carboxylic acids is 1. The van der Waals surface area contributed by atoms with Crippen molar-refractivity contribution in [1.29, 1.82) is 0 Å². The van der Waals surface area contributed by atoms with Gasteiger partial charge in [0.05, 0.1) is 12.5 Å². The maximum absolute atomic E-state index is 11.6. The minimum absolute atomic E-state index is 0.108. The number of hydrogen-bond donors (Lipinski definition) is 1. The van der Waals surface area contributed by atoms with Gasteiger partial charge in [-0.3, -0.25) is 4.79 Å². The first-order valence-electron chi connectivity index (χ1n) is 7.69. The predicted molar refractivity (Wildman–Crippen MR) is 91.1 cm³/mol. The van der Waals surface area contributed by atoms with Crippen LogP contribution in [0.4, 0.5) is 0 Å². The van der Waals surface area contributed by atoms with Crippen LogP contribution in [0, 0.1) is 12.3 Å². The van der Waals surface area contributed by atoms with Crippen LogP contribution in [0.15, 0.2) is 29.2 Å². The van der Waals surface area contributed by atoms with Crippen molar-refractivity contribution in [2.45, 2.75) is 31.2 Å². The Balaban J connectivity index is 1.65. The van der Waals surface area contributed by atoms with E-state index in [0.29, 0.717) is 0 Å². The number of benzene rings is 1. The summed E-state index contributed by atoms with van der Waals surface area (Å²) in [5.41, 5.74) is 7.16. The second-order valence-corrected chi connectivity index (χ2v) is 7.53. The maximum atomic E-state index is 11.6. The van der Waals surface area contributed by atoms with E-state index in [1.165, 1.54) is 17.6 Å². The van der Waals surface area contributed by atoms with Gasteiger partial charge in [-0.1, -0.05) is 17.7 Å². The third kappa shape index (κ3) is 4.48. The monoisotopic (exact) mass is 322 g/mol. The predicted octanol–water partition coefficient (Wildman–Crippen LogP) is 2.30. The van der Waals surface area contributed by atoms with E-state index in [-0.39, 0.29) is 17.4 Å². The molecular formula is C17H26N2O2S. The van der Waals surface area contributed by atoms with Crippen molar-refractivity contribution in [3.63, 3.8) is 0 Å². The third-order valence-corrected chi connectivity index (χ3v) is 5.28. The number of thioether (sulfide) groups is 1. The lowest BCUT2D eigenvalue weighted by Crippen LogP contribution is -2.59. The molecule has 0 saturated carbocycles. The van der Waals surface area contributed by atoms with Crippen molar-refractivity contribution in [3.05, 3.63) is 29.8 Å². The lowest BCUT2D eigenvalue weighted by molar-refractivity contribution is -0.162. The van der Waals surface area contributed by atoms with Crippen molar-refractivity contribution in [1.82, 2.24) is 4.90 Å². The largest absolute Gasteiger partial charge is 0.469 e. The highest BCUT2D eigenvalue weighted by Gasteiger charge is 2.45. The van der Waals surface area contributed by atoms with E-state index in [1.807, 2.05) is 18.7 Å². The number of hydrogen-bond acceptors (Lipinski definition) is 5. The molecule has 122 valence electrons. The van der Waals surface area contributed by atoms with E-state index < -0.39 is 0 Å². The van der Waals surface area contributed by atoms with Crippen molar-refractivity contribution in [3.8, 4) is 0 Å². The summed E-state index contributed by atoms with van der Waals surface area (Å²) in [7, 11) is 1.45. The Morgan fingerprint density at radius 1 is 1.50 bits per heavy atom. The average Bonchev–Trinajstić information content (AvgIpc) is 2.47. The minimum Gasteiger partial charge on any atom is -0.469 e. The SMILES string of the molecule is COC(=O)C1(C)CN(CC[C@@H](N)CSc2cccc(C)c2)C1. The van der Waals surface area contributed by atoms with Crippen LogP contribution >= 0.6 is 11.8 Å². The molecule has 2 rings (SSSR count). The number of carbonyl (C=O) groups is 1. The zero-order chi connectivity index (χ0) is 16.2. The molecular weight excluding hydrogens is 296 g/mol. The van der Waals surface area contributed by atoms with E-state index in [0.717, 1.165) is 31.8 Å². The van der Waals surface area contributed by atoms with Gasteiger partial charge in [0.1, 0.15) is 0 Å². The van der Waals surface area contributed by atoms with Crippen LogP contribution in [0.3, 0.4) is 0 Å². The lowest BCUT2D eigenvalue weighted by Gasteiger charge is -2.46. The Morgan fingerprint density at radius 3 is 2.86 bits per heavy atom. The smallest absolute Gasteiger partial charge is 0.314 e. The molecule has 1 aliphatic heterocycles. The average molecular weight is 322 g/mol. The Bertz CT molecular complexity index is 515. The minimum atomic E-state index is -0.324. The number of ether oxygens (including phenoxy) is 1. The molecule has 0 unspecified atom stereocenters. The van der Waals surface area contributed by atoms with Crippen molar-refractivity contribution >= 4 is 17.7 Å². The second kappa shape index (κ2) is 7.49. The van der Waals surface area contributed by atoms with Crippen LogP contribution in [0.1, 0.15) is 18.9 Å². The standard InChI is InChI=1S/C17H26N2O2S/c1-13-5-4-6-15(9-13)22-10-14(18)7-8-19-11-17(2,12-19)16(20)21-3/h4-6,9,14H,7-8,10-12,18H2,1-3H3/t14-/m1/s1. The van der Waals surface area contributed by atoms with Gasteiger partial charge in [0.15, 0.2) is 0 Å². The molecule has 4 nitrogen and oxygen atoms in total. The van der Waals surface area contributed by atoms with Crippen LogP contribution in [0.5, 0.6) is 0 Å². The summed E-state index contributed by atoms with van der Waals surface area (Å²) < 4.78 is 4.83. The number of rotatable bonds is 7. The molecule has 1 aromatic rings. The van der Waals surface area contributed by atoms with E-state index in [2.05, 4.69) is 36.1 Å². The summed E-state index contributed by atoms with van der Waals surface area (Å²) in [5.74, 6) is 0.814. The fraction of sp³-hybridized carbons (Fsp3) is 0.588. The topological polar surface area (TPSA) is 55.6 Å².